The predicted molar refractivity (Wildman–Crippen MR) is 52.8 cm³/mol. The van der Waals surface area contributed by atoms with Crippen LogP contribution in [0, 0.1) is 0 Å². The van der Waals surface area contributed by atoms with Gasteiger partial charge in [-0.3, -0.25) is 9.45 Å². The Balaban J connectivity index is 4.21. The molecule has 2 N–H and O–H groups in total. The van der Waals surface area contributed by atoms with Gasteiger partial charge in [-0.1, -0.05) is 0 Å². The molecule has 0 spiro atoms. The average Bonchev–Trinajstić information content (AvgIpc) is 2.06. The van der Waals surface area contributed by atoms with Gasteiger partial charge in [-0.25, -0.2) is 0 Å². The molecule has 0 radical (unpaired) electrons. The highest BCUT2D eigenvalue weighted by Gasteiger charge is 2.30. The van der Waals surface area contributed by atoms with Gasteiger partial charge in [-0.15, -0.1) is 0 Å². The first-order valence-corrected chi connectivity index (χ1v) is 6.14. The molecule has 0 aromatic carbocycles. The lowest BCUT2D eigenvalue weighted by atomic mass is 10.4. The lowest BCUT2D eigenvalue weighted by Gasteiger charge is -2.22. The summed E-state index contributed by atoms with van der Waals surface area (Å²) in [6.07, 6.45) is -4.38. The van der Waals surface area contributed by atoms with Crippen LogP contribution in [0.5, 0.6) is 0 Å². The number of alkyl halides is 3. The summed E-state index contributed by atoms with van der Waals surface area (Å²) < 4.78 is 65.5. The minimum atomic E-state index is -4.38. The first-order valence-electron chi connectivity index (χ1n) is 4.53. The fourth-order valence-corrected chi connectivity index (χ4v) is 1.53. The molecule has 16 heavy (non-hydrogen) atoms. The summed E-state index contributed by atoms with van der Waals surface area (Å²) in [7, 11) is -2.65. The summed E-state index contributed by atoms with van der Waals surface area (Å²) >= 11 is 0. The molecule has 0 saturated carbocycles. The Bertz CT molecular complexity index is 292. The van der Waals surface area contributed by atoms with Gasteiger partial charge in [-0.05, 0) is 7.05 Å². The van der Waals surface area contributed by atoms with E-state index in [4.69, 9.17) is 4.55 Å². The Kier molecular flexibility index (Phi) is 6.23. The maximum absolute atomic E-state index is 12.1. The average molecular weight is 264 g/mol. The molecular formula is C7H15F3N2O3S. The topological polar surface area (TPSA) is 69.6 Å². The van der Waals surface area contributed by atoms with Crippen LogP contribution in [0.2, 0.25) is 0 Å². The van der Waals surface area contributed by atoms with Gasteiger partial charge in [0.05, 0.1) is 12.3 Å². The van der Waals surface area contributed by atoms with Crippen molar-refractivity contribution in [2.45, 2.75) is 6.18 Å². The second-order valence-corrected chi connectivity index (χ2v) is 4.85. The van der Waals surface area contributed by atoms with Crippen molar-refractivity contribution in [3.63, 3.8) is 0 Å². The lowest BCUT2D eigenvalue weighted by molar-refractivity contribution is -0.145. The molecule has 0 amide bonds. The Hall–Kier alpha value is -0.380. The monoisotopic (exact) mass is 264 g/mol. The van der Waals surface area contributed by atoms with Gasteiger partial charge in [0.25, 0.3) is 10.1 Å². The van der Waals surface area contributed by atoms with Crippen LogP contribution in [-0.2, 0) is 10.1 Å². The highest BCUT2D eigenvalue weighted by molar-refractivity contribution is 7.85. The summed E-state index contributed by atoms with van der Waals surface area (Å²) in [5, 5.41) is 2.66. The van der Waals surface area contributed by atoms with E-state index in [2.05, 4.69) is 5.32 Å². The van der Waals surface area contributed by atoms with Crippen LogP contribution in [0.1, 0.15) is 0 Å². The van der Waals surface area contributed by atoms with Crippen LogP contribution in [0.3, 0.4) is 0 Å². The molecule has 0 saturated heterocycles. The molecule has 0 rings (SSSR count). The van der Waals surface area contributed by atoms with Crippen molar-refractivity contribution in [2.75, 3.05) is 39.0 Å². The molecule has 0 heterocycles. The quantitative estimate of drug-likeness (QED) is 0.631. The van der Waals surface area contributed by atoms with Crippen molar-refractivity contribution in [1.29, 1.82) is 0 Å². The Morgan fingerprint density at radius 3 is 2.25 bits per heavy atom. The molecule has 0 unspecified atom stereocenters. The first-order chi connectivity index (χ1) is 7.14. The summed E-state index contributed by atoms with van der Waals surface area (Å²) in [4.78, 5) is 0.921. The molecule has 9 heteroatoms. The van der Waals surface area contributed by atoms with Crippen molar-refractivity contribution in [2.24, 2.45) is 0 Å². The van der Waals surface area contributed by atoms with E-state index in [1.807, 2.05) is 0 Å². The molecule has 0 aromatic heterocycles. The molecule has 0 aliphatic rings. The molecule has 98 valence electrons. The predicted octanol–water partition coefficient (Wildman–Crippen LogP) is -0.0421. The number of nitrogens with one attached hydrogen (secondary N) is 1. The van der Waals surface area contributed by atoms with Crippen LogP contribution in [0.15, 0.2) is 0 Å². The number of halogens is 3. The van der Waals surface area contributed by atoms with Gasteiger partial charge >= 0.3 is 6.18 Å². The van der Waals surface area contributed by atoms with Crippen molar-refractivity contribution >= 4 is 10.1 Å². The number of nitrogens with zero attached hydrogens (tertiary/aromatic N) is 1. The minimum Gasteiger partial charge on any atom is -0.318 e. The van der Waals surface area contributed by atoms with Crippen molar-refractivity contribution < 1.29 is 26.1 Å². The van der Waals surface area contributed by atoms with E-state index >= 15 is 0 Å². The van der Waals surface area contributed by atoms with Crippen LogP contribution in [0.25, 0.3) is 0 Å². The zero-order valence-corrected chi connectivity index (χ0v) is 9.61. The second kappa shape index (κ2) is 6.38. The van der Waals surface area contributed by atoms with E-state index in [-0.39, 0.29) is 13.1 Å². The van der Waals surface area contributed by atoms with Gasteiger partial charge in [0.2, 0.25) is 0 Å². The van der Waals surface area contributed by atoms with Crippen LogP contribution in [-0.4, -0.2) is 63.0 Å². The number of hydrogen-bond donors (Lipinski definition) is 2. The molecule has 0 atom stereocenters. The highest BCUT2D eigenvalue weighted by atomic mass is 32.2. The Morgan fingerprint density at radius 2 is 1.88 bits per heavy atom. The molecule has 0 aliphatic carbocycles. The van der Waals surface area contributed by atoms with E-state index in [1.165, 1.54) is 0 Å². The van der Waals surface area contributed by atoms with Crippen LogP contribution in [0.4, 0.5) is 13.2 Å². The fourth-order valence-electron chi connectivity index (χ4n) is 1.04. The van der Waals surface area contributed by atoms with Crippen LogP contribution < -0.4 is 5.32 Å². The largest absolute Gasteiger partial charge is 0.401 e. The maximum Gasteiger partial charge on any atom is 0.401 e. The zero-order valence-electron chi connectivity index (χ0n) is 8.79. The highest BCUT2D eigenvalue weighted by Crippen LogP contribution is 2.16. The van der Waals surface area contributed by atoms with E-state index in [0.29, 0.717) is 6.54 Å². The SMILES string of the molecule is CNCCN(CCS(=O)(=O)O)CC(F)(F)F. The molecular weight excluding hydrogens is 249 g/mol. The zero-order chi connectivity index (χ0) is 12.8. The summed E-state index contributed by atoms with van der Waals surface area (Å²) in [5.74, 6) is -0.702. The summed E-state index contributed by atoms with van der Waals surface area (Å²) in [6.45, 7) is -1.17. The van der Waals surface area contributed by atoms with Gasteiger partial charge < -0.3 is 5.32 Å². The molecule has 0 aliphatic heterocycles. The van der Waals surface area contributed by atoms with Crippen molar-refractivity contribution in [3.8, 4) is 0 Å². The van der Waals surface area contributed by atoms with Gasteiger partial charge in [-0.2, -0.15) is 21.6 Å². The second-order valence-electron chi connectivity index (χ2n) is 3.28. The Morgan fingerprint density at radius 1 is 1.31 bits per heavy atom. The van der Waals surface area contributed by atoms with E-state index in [1.54, 1.807) is 7.05 Å². The standard InChI is InChI=1S/C7H15F3N2O3S/c1-11-2-3-12(6-7(8,9)10)4-5-16(13,14)15/h11H,2-6H2,1H3,(H,13,14,15). The third-order valence-electron chi connectivity index (χ3n) is 1.75. The number of hydrogen-bond acceptors (Lipinski definition) is 4. The van der Waals surface area contributed by atoms with Crippen molar-refractivity contribution in [3.05, 3.63) is 0 Å². The van der Waals surface area contributed by atoms with E-state index in [9.17, 15) is 21.6 Å². The lowest BCUT2D eigenvalue weighted by Crippen LogP contribution is -2.40. The number of rotatable bonds is 7. The van der Waals surface area contributed by atoms with Crippen LogP contribution >= 0.6 is 0 Å². The van der Waals surface area contributed by atoms with Gasteiger partial charge in [0, 0.05) is 19.6 Å². The summed E-state index contributed by atoms with van der Waals surface area (Å²) in [5.41, 5.74) is 0. The summed E-state index contributed by atoms with van der Waals surface area (Å²) in [6, 6.07) is 0. The maximum atomic E-state index is 12.1. The third kappa shape index (κ3) is 10.1. The molecule has 0 aromatic rings. The smallest absolute Gasteiger partial charge is 0.318 e. The molecule has 0 fully saturated rings. The van der Waals surface area contributed by atoms with Gasteiger partial charge in [0.1, 0.15) is 0 Å². The molecule has 5 nitrogen and oxygen atoms in total. The van der Waals surface area contributed by atoms with Gasteiger partial charge in [0.15, 0.2) is 0 Å². The van der Waals surface area contributed by atoms with E-state index in [0.717, 1.165) is 4.90 Å². The van der Waals surface area contributed by atoms with Crippen molar-refractivity contribution in [1.82, 2.24) is 10.2 Å². The molecule has 0 bridgehead atoms. The fraction of sp³-hybridized carbons (Fsp3) is 1.00. The first kappa shape index (κ1) is 15.6. The normalized spacial score (nSPS) is 13.4. The third-order valence-corrected chi connectivity index (χ3v) is 2.44. The Labute approximate surface area is 92.4 Å². The minimum absolute atomic E-state index is 0.0610. The van der Waals surface area contributed by atoms with E-state index < -0.39 is 28.6 Å². The number of likely N-dealkylation sites (N-methyl/N-ethyl adjacent to an activating group) is 1.